The molecule has 0 spiro atoms. The van der Waals surface area contributed by atoms with Crippen LogP contribution >= 0.6 is 11.8 Å². The van der Waals surface area contributed by atoms with E-state index < -0.39 is 0 Å². The van der Waals surface area contributed by atoms with Gasteiger partial charge in [-0.2, -0.15) is 0 Å². The maximum absolute atomic E-state index is 6.19. The van der Waals surface area contributed by atoms with E-state index in [1.165, 1.54) is 16.2 Å². The highest BCUT2D eigenvalue weighted by atomic mass is 32.2. The molecule has 1 fully saturated rings. The van der Waals surface area contributed by atoms with Crippen LogP contribution in [0.3, 0.4) is 0 Å². The Morgan fingerprint density at radius 3 is 2.69 bits per heavy atom. The molecule has 3 unspecified atom stereocenters. The van der Waals surface area contributed by atoms with Crippen LogP contribution in [0.5, 0.6) is 0 Å². The molecule has 0 amide bonds. The molecular formula is C27H21N3OS. The minimum Gasteiger partial charge on any atom is -0.456 e. The lowest BCUT2D eigenvalue weighted by Crippen LogP contribution is -2.36. The van der Waals surface area contributed by atoms with Crippen molar-refractivity contribution in [3.05, 3.63) is 101 Å². The highest BCUT2D eigenvalue weighted by Crippen LogP contribution is 2.47. The lowest BCUT2D eigenvalue weighted by atomic mass is 9.95. The second kappa shape index (κ2) is 7.12. The first-order valence-electron chi connectivity index (χ1n) is 11.0. The van der Waals surface area contributed by atoms with Gasteiger partial charge in [-0.15, -0.1) is 11.8 Å². The van der Waals surface area contributed by atoms with Gasteiger partial charge in [0.1, 0.15) is 17.3 Å². The van der Waals surface area contributed by atoms with E-state index in [1.807, 2.05) is 30.0 Å². The number of aliphatic imine (C=N–C) groups is 1. The zero-order chi connectivity index (χ0) is 21.1. The van der Waals surface area contributed by atoms with E-state index in [0.717, 1.165) is 39.7 Å². The van der Waals surface area contributed by atoms with Gasteiger partial charge in [0.05, 0.1) is 21.7 Å². The average Bonchev–Trinajstić information content (AvgIpc) is 3.42. The van der Waals surface area contributed by atoms with Crippen molar-refractivity contribution in [3.63, 3.8) is 0 Å². The Kier molecular flexibility index (Phi) is 4.07. The Morgan fingerprint density at radius 1 is 0.906 bits per heavy atom. The molecule has 5 heteroatoms. The molecule has 0 radical (unpaired) electrons. The highest BCUT2D eigenvalue weighted by Gasteiger charge is 2.41. The lowest BCUT2D eigenvalue weighted by Gasteiger charge is -2.27. The van der Waals surface area contributed by atoms with Crippen molar-refractivity contribution in [1.82, 2.24) is 10.6 Å². The summed E-state index contributed by atoms with van der Waals surface area (Å²) < 4.78 is 6.19. The fourth-order valence-corrected chi connectivity index (χ4v) is 6.31. The van der Waals surface area contributed by atoms with Crippen LogP contribution in [0.25, 0.3) is 27.6 Å². The van der Waals surface area contributed by atoms with Crippen molar-refractivity contribution in [2.75, 3.05) is 6.54 Å². The molecule has 4 aromatic rings. The van der Waals surface area contributed by atoms with Gasteiger partial charge in [-0.3, -0.25) is 4.99 Å². The van der Waals surface area contributed by atoms with Crippen LogP contribution in [0.1, 0.15) is 17.3 Å². The molecule has 32 heavy (non-hydrogen) atoms. The van der Waals surface area contributed by atoms with Crippen LogP contribution < -0.4 is 10.6 Å². The van der Waals surface area contributed by atoms with E-state index in [1.54, 1.807) is 0 Å². The van der Waals surface area contributed by atoms with Gasteiger partial charge >= 0.3 is 0 Å². The van der Waals surface area contributed by atoms with Gasteiger partial charge in [0.25, 0.3) is 0 Å². The Morgan fingerprint density at radius 2 is 1.75 bits per heavy atom. The minimum atomic E-state index is -0.106. The van der Waals surface area contributed by atoms with Crippen LogP contribution in [0.15, 0.2) is 99.3 Å². The van der Waals surface area contributed by atoms with E-state index in [0.29, 0.717) is 11.3 Å². The van der Waals surface area contributed by atoms with E-state index in [9.17, 15) is 0 Å². The minimum absolute atomic E-state index is 0.106. The third-order valence-electron chi connectivity index (χ3n) is 6.46. The number of nitrogens with zero attached hydrogens (tertiary/aromatic N) is 1. The van der Waals surface area contributed by atoms with Crippen molar-refractivity contribution < 1.29 is 4.42 Å². The monoisotopic (exact) mass is 435 g/mol. The number of nitrogens with one attached hydrogen (secondary N) is 2. The average molecular weight is 436 g/mol. The fourth-order valence-electron chi connectivity index (χ4n) is 4.91. The van der Waals surface area contributed by atoms with Gasteiger partial charge in [-0.25, -0.2) is 0 Å². The number of fused-ring (bicyclic) bond motifs is 6. The predicted octanol–water partition coefficient (Wildman–Crippen LogP) is 5.85. The summed E-state index contributed by atoms with van der Waals surface area (Å²) >= 11 is 1.88. The number of allylic oxidation sites excluding steroid dienone is 1. The number of rotatable bonds is 2. The molecule has 1 saturated heterocycles. The first kappa shape index (κ1) is 18.3. The van der Waals surface area contributed by atoms with Crippen LogP contribution in [0.4, 0.5) is 0 Å². The standard InChI is InChI=1S/C27H21N3OS/c1-2-7-16(8-3-1)26-29-23(25-24(30-26)20-10-6-14-28-27(20)32-25)17-12-13-19-18-9-4-5-11-21(18)31-22(19)15-17/h1-13,15,20,26-29H,14H2. The normalized spacial score (nSPS) is 24.4. The molecule has 7 rings (SSSR count). The van der Waals surface area contributed by atoms with Crippen LogP contribution in [-0.2, 0) is 0 Å². The van der Waals surface area contributed by atoms with Crippen molar-refractivity contribution >= 4 is 45.1 Å². The Bertz CT molecular complexity index is 1450. The SMILES string of the molecule is C1=CC2C3=NC(c4ccccc4)NC(c4ccc5c(c4)oc4ccccc45)=C3SC2NC1. The molecule has 0 saturated carbocycles. The first-order valence-corrected chi connectivity index (χ1v) is 11.9. The molecule has 3 atom stereocenters. The van der Waals surface area contributed by atoms with Crippen LogP contribution in [0, 0.1) is 5.92 Å². The quantitative estimate of drug-likeness (QED) is 0.388. The summed E-state index contributed by atoms with van der Waals surface area (Å²) in [4.78, 5) is 6.42. The summed E-state index contributed by atoms with van der Waals surface area (Å²) in [6.45, 7) is 0.907. The molecule has 4 nitrogen and oxygen atoms in total. The Hall–Kier alpha value is -3.28. The van der Waals surface area contributed by atoms with Gasteiger partial charge in [0.2, 0.25) is 0 Å². The number of para-hydroxylation sites is 1. The van der Waals surface area contributed by atoms with Crippen molar-refractivity contribution in [3.8, 4) is 0 Å². The zero-order valence-corrected chi connectivity index (χ0v) is 18.1. The number of hydrogen-bond acceptors (Lipinski definition) is 5. The van der Waals surface area contributed by atoms with E-state index in [-0.39, 0.29) is 6.17 Å². The van der Waals surface area contributed by atoms with E-state index >= 15 is 0 Å². The van der Waals surface area contributed by atoms with Gasteiger partial charge in [0.15, 0.2) is 0 Å². The molecular weight excluding hydrogens is 414 g/mol. The molecule has 2 N–H and O–H groups in total. The van der Waals surface area contributed by atoms with Crippen molar-refractivity contribution in [2.45, 2.75) is 11.5 Å². The molecule has 156 valence electrons. The molecule has 4 heterocycles. The van der Waals surface area contributed by atoms with Gasteiger partial charge in [-0.05, 0) is 23.8 Å². The maximum Gasteiger partial charge on any atom is 0.145 e. The van der Waals surface area contributed by atoms with Crippen LogP contribution in [0.2, 0.25) is 0 Å². The summed E-state index contributed by atoms with van der Waals surface area (Å²) in [5, 5.41) is 10.0. The predicted molar refractivity (Wildman–Crippen MR) is 132 cm³/mol. The molecule has 3 aliphatic rings. The Labute approximate surface area is 190 Å². The summed E-state index contributed by atoms with van der Waals surface area (Å²) in [6.07, 6.45) is 4.42. The van der Waals surface area contributed by atoms with Gasteiger partial charge < -0.3 is 15.1 Å². The molecule has 3 aromatic carbocycles. The molecule has 3 aliphatic heterocycles. The van der Waals surface area contributed by atoms with E-state index in [4.69, 9.17) is 9.41 Å². The third kappa shape index (κ3) is 2.78. The largest absolute Gasteiger partial charge is 0.456 e. The van der Waals surface area contributed by atoms with Crippen molar-refractivity contribution in [2.24, 2.45) is 10.9 Å². The summed E-state index contributed by atoms with van der Waals surface area (Å²) in [6, 6.07) is 25.3. The zero-order valence-electron chi connectivity index (χ0n) is 17.3. The lowest BCUT2D eigenvalue weighted by molar-refractivity contribution is 0.610. The number of hydrogen-bond donors (Lipinski definition) is 2. The Balaban J connectivity index is 1.40. The summed E-state index contributed by atoms with van der Waals surface area (Å²) in [5.74, 6) is 0.294. The maximum atomic E-state index is 6.19. The highest BCUT2D eigenvalue weighted by molar-refractivity contribution is 8.05. The molecule has 1 aromatic heterocycles. The topological polar surface area (TPSA) is 49.6 Å². The first-order chi connectivity index (χ1) is 15.8. The molecule has 0 bridgehead atoms. The van der Waals surface area contributed by atoms with E-state index in [2.05, 4.69) is 77.4 Å². The summed E-state index contributed by atoms with van der Waals surface area (Å²) in [5.41, 5.74) is 6.46. The number of benzene rings is 3. The number of furan rings is 1. The smallest absolute Gasteiger partial charge is 0.145 e. The second-order valence-corrected chi connectivity index (χ2v) is 9.54. The third-order valence-corrected chi connectivity index (χ3v) is 7.82. The second-order valence-electron chi connectivity index (χ2n) is 8.39. The number of thioether (sulfide) groups is 1. The fraction of sp³-hybridized carbons (Fsp3) is 0.148. The van der Waals surface area contributed by atoms with Gasteiger partial charge in [-0.1, -0.05) is 66.7 Å². The van der Waals surface area contributed by atoms with Crippen LogP contribution in [-0.4, -0.2) is 17.6 Å². The molecule has 0 aliphatic carbocycles. The summed E-state index contributed by atoms with van der Waals surface area (Å²) in [7, 11) is 0. The van der Waals surface area contributed by atoms with Crippen molar-refractivity contribution in [1.29, 1.82) is 0 Å². The van der Waals surface area contributed by atoms with Gasteiger partial charge in [0, 0.05) is 28.8 Å².